The van der Waals surface area contributed by atoms with Gasteiger partial charge in [-0.1, -0.05) is 0 Å². The number of hydrogen-bond acceptors (Lipinski definition) is 3. The number of pyridine rings is 1. The van der Waals surface area contributed by atoms with E-state index >= 15 is 0 Å². The van der Waals surface area contributed by atoms with Gasteiger partial charge in [0.2, 0.25) is 0 Å². The van der Waals surface area contributed by atoms with Crippen LogP contribution in [0.1, 0.15) is 13.3 Å². The number of methoxy groups -OCH3 is 1. The largest absolute Gasteiger partial charge is 0.493 e. The van der Waals surface area contributed by atoms with E-state index in [4.69, 9.17) is 4.74 Å². The Morgan fingerprint density at radius 3 is 2.75 bits per heavy atom. The first-order valence-corrected chi connectivity index (χ1v) is 4.74. The zero-order valence-electron chi connectivity index (χ0n) is 9.01. The number of alkyl halides is 3. The van der Waals surface area contributed by atoms with Crippen LogP contribution < -0.4 is 10.1 Å². The topological polar surface area (TPSA) is 34.1 Å². The van der Waals surface area contributed by atoms with Gasteiger partial charge in [-0.25, -0.2) is 4.98 Å². The predicted molar refractivity (Wildman–Crippen MR) is 54.5 cm³/mol. The summed E-state index contributed by atoms with van der Waals surface area (Å²) in [5.74, 6) is 0.748. The van der Waals surface area contributed by atoms with Gasteiger partial charge < -0.3 is 10.1 Å². The number of rotatable bonds is 4. The number of hydrogen-bond donors (Lipinski definition) is 1. The normalized spacial score (nSPS) is 13.3. The number of aromatic nitrogens is 1. The van der Waals surface area contributed by atoms with Crippen molar-refractivity contribution in [2.24, 2.45) is 0 Å². The molecule has 16 heavy (non-hydrogen) atoms. The van der Waals surface area contributed by atoms with Crippen LogP contribution in [-0.4, -0.2) is 24.3 Å². The SMILES string of the molecule is COc1cccnc1NC(C)CC(F)(F)F. The number of ether oxygens (including phenoxy) is 1. The van der Waals surface area contributed by atoms with Crippen molar-refractivity contribution in [1.29, 1.82) is 0 Å². The van der Waals surface area contributed by atoms with Gasteiger partial charge in [-0.3, -0.25) is 0 Å². The first-order valence-electron chi connectivity index (χ1n) is 4.74. The van der Waals surface area contributed by atoms with Crippen LogP contribution in [0.3, 0.4) is 0 Å². The maximum absolute atomic E-state index is 12.1. The van der Waals surface area contributed by atoms with Gasteiger partial charge in [0.15, 0.2) is 11.6 Å². The fourth-order valence-electron chi connectivity index (χ4n) is 1.30. The Labute approximate surface area is 91.6 Å². The molecule has 1 heterocycles. The summed E-state index contributed by atoms with van der Waals surface area (Å²) >= 11 is 0. The number of anilines is 1. The monoisotopic (exact) mass is 234 g/mol. The third-order valence-electron chi connectivity index (χ3n) is 1.91. The average Bonchev–Trinajstić information content (AvgIpc) is 2.15. The summed E-state index contributed by atoms with van der Waals surface area (Å²) < 4.78 is 41.3. The molecule has 0 saturated heterocycles. The summed E-state index contributed by atoms with van der Waals surface area (Å²) in [5, 5.41) is 2.66. The quantitative estimate of drug-likeness (QED) is 0.869. The van der Waals surface area contributed by atoms with Crippen LogP contribution in [0.4, 0.5) is 19.0 Å². The van der Waals surface area contributed by atoms with Gasteiger partial charge in [0.1, 0.15) is 0 Å². The van der Waals surface area contributed by atoms with E-state index in [1.54, 1.807) is 12.1 Å². The summed E-state index contributed by atoms with van der Waals surface area (Å²) in [4.78, 5) is 3.92. The first kappa shape index (κ1) is 12.6. The summed E-state index contributed by atoms with van der Waals surface area (Å²) in [6.07, 6.45) is -3.60. The van der Waals surface area contributed by atoms with E-state index in [1.807, 2.05) is 0 Å². The van der Waals surface area contributed by atoms with Crippen molar-refractivity contribution < 1.29 is 17.9 Å². The lowest BCUT2D eigenvalue weighted by atomic mass is 10.2. The van der Waals surface area contributed by atoms with E-state index in [0.29, 0.717) is 11.6 Å². The minimum absolute atomic E-state index is 0.321. The Morgan fingerprint density at radius 1 is 1.50 bits per heavy atom. The van der Waals surface area contributed by atoms with Crippen molar-refractivity contribution in [1.82, 2.24) is 4.98 Å². The highest BCUT2D eigenvalue weighted by molar-refractivity contribution is 5.49. The van der Waals surface area contributed by atoms with Gasteiger partial charge in [-0.2, -0.15) is 13.2 Å². The molecular weight excluding hydrogens is 221 g/mol. The molecule has 0 amide bonds. The van der Waals surface area contributed by atoms with Crippen LogP contribution >= 0.6 is 0 Å². The fourth-order valence-corrected chi connectivity index (χ4v) is 1.30. The molecule has 1 aromatic heterocycles. The highest BCUT2D eigenvalue weighted by atomic mass is 19.4. The molecule has 1 aromatic rings. The molecule has 6 heteroatoms. The van der Waals surface area contributed by atoms with E-state index in [1.165, 1.54) is 20.2 Å². The Bertz CT molecular complexity index is 341. The summed E-state index contributed by atoms with van der Waals surface area (Å²) in [6.45, 7) is 1.45. The second-order valence-electron chi connectivity index (χ2n) is 3.42. The zero-order chi connectivity index (χ0) is 12.2. The lowest BCUT2D eigenvalue weighted by Crippen LogP contribution is -2.24. The molecule has 90 valence electrons. The molecule has 0 fully saturated rings. The molecule has 0 bridgehead atoms. The van der Waals surface area contributed by atoms with E-state index in [-0.39, 0.29) is 0 Å². The van der Waals surface area contributed by atoms with Gasteiger partial charge >= 0.3 is 6.18 Å². The predicted octanol–water partition coefficient (Wildman–Crippen LogP) is 2.84. The molecule has 0 spiro atoms. The lowest BCUT2D eigenvalue weighted by Gasteiger charge is -2.17. The fraction of sp³-hybridized carbons (Fsp3) is 0.500. The Hall–Kier alpha value is -1.46. The number of nitrogens with zero attached hydrogens (tertiary/aromatic N) is 1. The molecule has 0 aromatic carbocycles. The Kier molecular flexibility index (Phi) is 3.98. The molecule has 0 radical (unpaired) electrons. The van der Waals surface area contributed by atoms with Gasteiger partial charge in [0.25, 0.3) is 0 Å². The van der Waals surface area contributed by atoms with Crippen molar-refractivity contribution in [2.75, 3.05) is 12.4 Å². The van der Waals surface area contributed by atoms with Gasteiger partial charge in [-0.05, 0) is 19.1 Å². The van der Waals surface area contributed by atoms with Crippen molar-refractivity contribution in [2.45, 2.75) is 25.6 Å². The maximum Gasteiger partial charge on any atom is 0.391 e. The van der Waals surface area contributed by atoms with Crippen molar-refractivity contribution in [3.05, 3.63) is 18.3 Å². The van der Waals surface area contributed by atoms with Crippen LogP contribution in [0, 0.1) is 0 Å². The molecule has 0 aliphatic heterocycles. The van der Waals surface area contributed by atoms with Crippen molar-refractivity contribution in [3.63, 3.8) is 0 Å². The van der Waals surface area contributed by atoms with Crippen LogP contribution in [0.25, 0.3) is 0 Å². The summed E-state index contributed by atoms with van der Waals surface area (Å²) in [5.41, 5.74) is 0. The molecule has 0 aliphatic carbocycles. The smallest absolute Gasteiger partial charge is 0.391 e. The highest BCUT2D eigenvalue weighted by Crippen LogP contribution is 2.25. The van der Waals surface area contributed by atoms with Gasteiger partial charge in [0.05, 0.1) is 13.5 Å². The second kappa shape index (κ2) is 5.05. The minimum Gasteiger partial charge on any atom is -0.493 e. The first-order chi connectivity index (χ1) is 7.42. The molecule has 1 atom stereocenters. The van der Waals surface area contributed by atoms with E-state index in [0.717, 1.165) is 0 Å². The van der Waals surface area contributed by atoms with E-state index in [2.05, 4.69) is 10.3 Å². The van der Waals surface area contributed by atoms with Crippen LogP contribution in [0.15, 0.2) is 18.3 Å². The molecule has 3 nitrogen and oxygen atoms in total. The molecule has 1 unspecified atom stereocenters. The molecule has 0 aliphatic rings. The van der Waals surface area contributed by atoms with Crippen molar-refractivity contribution >= 4 is 5.82 Å². The minimum atomic E-state index is -4.19. The van der Waals surface area contributed by atoms with Crippen LogP contribution in [0.5, 0.6) is 5.75 Å². The third kappa shape index (κ3) is 3.96. The van der Waals surface area contributed by atoms with Crippen LogP contribution in [0.2, 0.25) is 0 Å². The number of halogens is 3. The molecular formula is C10H13F3N2O. The highest BCUT2D eigenvalue weighted by Gasteiger charge is 2.30. The number of nitrogens with one attached hydrogen (secondary N) is 1. The third-order valence-corrected chi connectivity index (χ3v) is 1.91. The van der Waals surface area contributed by atoms with Gasteiger partial charge in [-0.15, -0.1) is 0 Å². The van der Waals surface area contributed by atoms with Gasteiger partial charge in [0, 0.05) is 12.2 Å². The Balaban J connectivity index is 2.65. The summed E-state index contributed by atoms with van der Waals surface area (Å²) in [7, 11) is 1.44. The zero-order valence-corrected chi connectivity index (χ0v) is 9.01. The molecule has 1 N–H and O–H groups in total. The van der Waals surface area contributed by atoms with E-state index in [9.17, 15) is 13.2 Å². The van der Waals surface area contributed by atoms with Crippen LogP contribution in [-0.2, 0) is 0 Å². The Morgan fingerprint density at radius 2 is 2.19 bits per heavy atom. The maximum atomic E-state index is 12.1. The molecule has 1 rings (SSSR count). The second-order valence-corrected chi connectivity index (χ2v) is 3.42. The average molecular weight is 234 g/mol. The molecule has 0 saturated carbocycles. The van der Waals surface area contributed by atoms with E-state index < -0.39 is 18.6 Å². The summed E-state index contributed by atoms with van der Waals surface area (Å²) in [6, 6.07) is 2.54. The standard InChI is InChI=1S/C10H13F3N2O/c1-7(6-10(11,12)13)15-9-8(16-2)4-3-5-14-9/h3-5,7H,6H2,1-2H3,(H,14,15). The van der Waals surface area contributed by atoms with Crippen molar-refractivity contribution in [3.8, 4) is 5.75 Å². The lowest BCUT2D eigenvalue weighted by molar-refractivity contribution is -0.136.